The van der Waals surface area contributed by atoms with Gasteiger partial charge in [-0.1, -0.05) is 0 Å². The summed E-state index contributed by atoms with van der Waals surface area (Å²) in [6.45, 7) is 0. The Bertz CT molecular complexity index is 810. The molecule has 0 saturated heterocycles. The predicted octanol–water partition coefficient (Wildman–Crippen LogP) is 3.98. The lowest BCUT2D eigenvalue weighted by molar-refractivity contribution is 0.984. The van der Waals surface area contributed by atoms with Crippen LogP contribution in [0.15, 0.2) is 28.2 Å². The molecule has 0 unspecified atom stereocenters. The highest BCUT2D eigenvalue weighted by Crippen LogP contribution is 2.44. The van der Waals surface area contributed by atoms with Crippen LogP contribution in [0.3, 0.4) is 0 Å². The van der Waals surface area contributed by atoms with Crippen molar-refractivity contribution in [2.24, 2.45) is 0 Å². The number of thiophene rings is 1. The van der Waals surface area contributed by atoms with Gasteiger partial charge in [0.2, 0.25) is 0 Å². The molecule has 20 heavy (non-hydrogen) atoms. The van der Waals surface area contributed by atoms with Gasteiger partial charge in [-0.3, -0.25) is 4.98 Å². The van der Waals surface area contributed by atoms with Crippen LogP contribution >= 0.6 is 27.3 Å². The molecule has 0 aliphatic heterocycles. The maximum atomic E-state index is 6.00. The second-order valence-electron chi connectivity index (χ2n) is 4.93. The summed E-state index contributed by atoms with van der Waals surface area (Å²) in [5.41, 5.74) is 8.95. The van der Waals surface area contributed by atoms with Crippen LogP contribution in [0.5, 0.6) is 0 Å². The van der Waals surface area contributed by atoms with Crippen molar-refractivity contribution < 1.29 is 0 Å². The lowest BCUT2D eigenvalue weighted by Gasteiger charge is -2.08. The first-order valence-corrected chi connectivity index (χ1v) is 8.06. The van der Waals surface area contributed by atoms with E-state index in [9.17, 15) is 0 Å². The molecule has 3 aromatic rings. The third kappa shape index (κ3) is 1.99. The Kier molecular flexibility index (Phi) is 2.75. The molecule has 1 saturated carbocycles. The van der Waals surface area contributed by atoms with Crippen LogP contribution in [0.1, 0.15) is 24.5 Å². The first kappa shape index (κ1) is 12.2. The average molecular weight is 347 g/mol. The predicted molar refractivity (Wildman–Crippen MR) is 84.7 cm³/mol. The smallest absolute Gasteiger partial charge is 0.163 e. The molecule has 0 atom stereocenters. The monoisotopic (exact) mass is 346 g/mol. The Balaban J connectivity index is 1.88. The van der Waals surface area contributed by atoms with Gasteiger partial charge in [0.25, 0.3) is 0 Å². The van der Waals surface area contributed by atoms with Gasteiger partial charge in [-0.05, 0) is 46.3 Å². The summed E-state index contributed by atoms with van der Waals surface area (Å²) in [4.78, 5) is 13.5. The molecular weight excluding hydrogens is 336 g/mol. The summed E-state index contributed by atoms with van der Waals surface area (Å²) in [6.07, 6.45) is 4.17. The highest BCUT2D eigenvalue weighted by molar-refractivity contribution is 9.10. The number of aromatic nitrogens is 3. The van der Waals surface area contributed by atoms with Gasteiger partial charge in [0.15, 0.2) is 5.82 Å². The van der Waals surface area contributed by atoms with E-state index in [4.69, 9.17) is 5.73 Å². The second-order valence-corrected chi connectivity index (χ2v) is 6.67. The van der Waals surface area contributed by atoms with Gasteiger partial charge in [-0.2, -0.15) is 0 Å². The number of nitrogen functional groups attached to an aromatic ring is 1. The van der Waals surface area contributed by atoms with Gasteiger partial charge >= 0.3 is 0 Å². The molecule has 3 heterocycles. The van der Waals surface area contributed by atoms with Gasteiger partial charge < -0.3 is 5.73 Å². The maximum absolute atomic E-state index is 6.00. The minimum atomic E-state index is 0.503. The Morgan fingerprint density at radius 2 is 2.15 bits per heavy atom. The zero-order chi connectivity index (χ0) is 13.7. The zero-order valence-electron chi connectivity index (χ0n) is 10.5. The van der Waals surface area contributed by atoms with E-state index < -0.39 is 0 Å². The third-order valence-electron chi connectivity index (χ3n) is 3.43. The quantitative estimate of drug-likeness (QED) is 0.762. The minimum absolute atomic E-state index is 0.503. The number of rotatable bonds is 2. The van der Waals surface area contributed by atoms with Crippen molar-refractivity contribution in [1.82, 2.24) is 15.0 Å². The Hall–Kier alpha value is -1.53. The van der Waals surface area contributed by atoms with Gasteiger partial charge in [0.1, 0.15) is 5.82 Å². The van der Waals surface area contributed by atoms with Crippen molar-refractivity contribution in [3.05, 3.63) is 33.9 Å². The Labute approximate surface area is 128 Å². The van der Waals surface area contributed by atoms with Gasteiger partial charge in [0, 0.05) is 17.7 Å². The first-order chi connectivity index (χ1) is 9.72. The highest BCUT2D eigenvalue weighted by Gasteiger charge is 2.29. The van der Waals surface area contributed by atoms with E-state index in [1.54, 1.807) is 11.3 Å². The van der Waals surface area contributed by atoms with Crippen LogP contribution in [0, 0.1) is 0 Å². The number of nitrogens with two attached hydrogens (primary N) is 1. The van der Waals surface area contributed by atoms with Crippen molar-refractivity contribution in [1.29, 1.82) is 0 Å². The fourth-order valence-corrected chi connectivity index (χ4v) is 3.49. The van der Waals surface area contributed by atoms with Crippen LogP contribution in [0.2, 0.25) is 0 Å². The summed E-state index contributed by atoms with van der Waals surface area (Å²) < 4.78 is 1.98. The van der Waals surface area contributed by atoms with E-state index in [0.717, 1.165) is 25.9 Å². The Morgan fingerprint density at radius 1 is 1.30 bits per heavy atom. The van der Waals surface area contributed by atoms with E-state index in [1.165, 1.54) is 12.8 Å². The Morgan fingerprint density at radius 3 is 2.95 bits per heavy atom. The molecule has 2 N–H and O–H groups in total. The summed E-state index contributed by atoms with van der Waals surface area (Å²) in [6, 6.07) is 4.09. The lowest BCUT2D eigenvalue weighted by Crippen LogP contribution is -2.02. The van der Waals surface area contributed by atoms with E-state index in [-0.39, 0.29) is 0 Å². The molecule has 0 aromatic carbocycles. The van der Waals surface area contributed by atoms with Gasteiger partial charge in [-0.25, -0.2) is 9.97 Å². The molecule has 100 valence electrons. The summed E-state index contributed by atoms with van der Waals surface area (Å²) in [5.74, 6) is 1.69. The first-order valence-electron chi connectivity index (χ1n) is 6.39. The van der Waals surface area contributed by atoms with Crippen molar-refractivity contribution in [3.63, 3.8) is 0 Å². The molecule has 6 heteroatoms. The highest BCUT2D eigenvalue weighted by atomic mass is 79.9. The molecule has 0 bridgehead atoms. The van der Waals surface area contributed by atoms with Crippen LogP contribution in [-0.4, -0.2) is 15.0 Å². The number of hydrogen-bond donors (Lipinski definition) is 1. The summed E-state index contributed by atoms with van der Waals surface area (Å²) >= 11 is 5.17. The van der Waals surface area contributed by atoms with E-state index in [2.05, 4.69) is 36.9 Å². The molecule has 3 aromatic heterocycles. The lowest BCUT2D eigenvalue weighted by atomic mass is 10.2. The van der Waals surface area contributed by atoms with Crippen molar-refractivity contribution in [2.75, 3.05) is 5.73 Å². The second kappa shape index (κ2) is 4.49. The number of anilines is 1. The number of fused-ring (bicyclic) bond motifs is 1. The molecule has 0 amide bonds. The third-order valence-corrected chi connectivity index (χ3v) is 5.09. The number of halogens is 1. The van der Waals surface area contributed by atoms with Crippen molar-refractivity contribution in [3.8, 4) is 11.4 Å². The molecule has 4 nitrogen and oxygen atoms in total. The standard InChI is InChI=1S/C14H11BrN4S/c15-11-12(7-1-2-7)18-14(19-13(11)16)8-5-10-9(17-6-8)3-4-20-10/h3-7H,1-2H2,(H2,16,18,19). The van der Waals surface area contributed by atoms with Gasteiger partial charge in [-0.15, -0.1) is 11.3 Å². The number of nitrogens with zero attached hydrogens (tertiary/aromatic N) is 3. The largest absolute Gasteiger partial charge is 0.383 e. The normalized spacial score (nSPS) is 14.8. The molecule has 1 aliphatic carbocycles. The van der Waals surface area contributed by atoms with Crippen LogP contribution in [0.25, 0.3) is 21.6 Å². The summed E-state index contributed by atoms with van der Waals surface area (Å²) in [5, 5.41) is 2.04. The molecule has 0 radical (unpaired) electrons. The SMILES string of the molecule is Nc1nc(-c2cnc3ccsc3c2)nc(C2CC2)c1Br. The average Bonchev–Trinajstić information content (AvgIpc) is 3.18. The minimum Gasteiger partial charge on any atom is -0.383 e. The van der Waals surface area contributed by atoms with Crippen molar-refractivity contribution >= 4 is 43.3 Å². The molecular formula is C14H11BrN4S. The number of pyridine rings is 1. The van der Waals surface area contributed by atoms with E-state index in [0.29, 0.717) is 17.6 Å². The molecule has 1 aliphatic rings. The van der Waals surface area contributed by atoms with Crippen LogP contribution < -0.4 is 5.73 Å². The maximum Gasteiger partial charge on any atom is 0.163 e. The van der Waals surface area contributed by atoms with Crippen LogP contribution in [-0.2, 0) is 0 Å². The molecule has 0 spiro atoms. The summed E-state index contributed by atoms with van der Waals surface area (Å²) in [7, 11) is 0. The fraction of sp³-hybridized carbons (Fsp3) is 0.214. The van der Waals surface area contributed by atoms with E-state index in [1.807, 2.05) is 17.6 Å². The topological polar surface area (TPSA) is 64.7 Å². The fourth-order valence-electron chi connectivity index (χ4n) is 2.21. The number of hydrogen-bond acceptors (Lipinski definition) is 5. The van der Waals surface area contributed by atoms with E-state index >= 15 is 0 Å². The molecule has 4 rings (SSSR count). The van der Waals surface area contributed by atoms with Gasteiger partial charge in [0.05, 0.1) is 20.4 Å². The molecule has 1 fully saturated rings. The zero-order valence-corrected chi connectivity index (χ0v) is 12.9. The van der Waals surface area contributed by atoms with Crippen molar-refractivity contribution in [2.45, 2.75) is 18.8 Å². The van der Waals surface area contributed by atoms with Crippen LogP contribution in [0.4, 0.5) is 5.82 Å².